The normalized spacial score (nSPS) is 19.9. The zero-order chi connectivity index (χ0) is 13.0. The fourth-order valence-electron chi connectivity index (χ4n) is 2.69. The molecule has 1 aromatic carbocycles. The maximum atomic E-state index is 12.5. The smallest absolute Gasteiger partial charge is 0.254 e. The number of carbonyl (C=O) groups is 1. The highest BCUT2D eigenvalue weighted by Crippen LogP contribution is 2.23. The van der Waals surface area contributed by atoms with Crippen LogP contribution in [0.25, 0.3) is 0 Å². The maximum absolute atomic E-state index is 12.5. The summed E-state index contributed by atoms with van der Waals surface area (Å²) in [4.78, 5) is 14.6. The lowest BCUT2D eigenvalue weighted by atomic mass is 9.97. The van der Waals surface area contributed by atoms with E-state index >= 15 is 0 Å². The Labute approximate surface area is 117 Å². The Balaban J connectivity index is 2.15. The Hall–Kier alpha value is -0.830. The molecule has 18 heavy (non-hydrogen) atoms. The van der Waals surface area contributed by atoms with Crippen LogP contribution in [0.5, 0.6) is 0 Å². The lowest BCUT2D eigenvalue weighted by molar-refractivity contribution is 0.0600. The molecule has 0 bridgehead atoms. The van der Waals surface area contributed by atoms with Crippen molar-refractivity contribution in [3.63, 3.8) is 0 Å². The first-order chi connectivity index (χ1) is 8.72. The largest absolute Gasteiger partial charge is 0.336 e. The summed E-state index contributed by atoms with van der Waals surface area (Å²) < 4.78 is 0.970. The first-order valence-corrected chi connectivity index (χ1v) is 7.58. The van der Waals surface area contributed by atoms with E-state index in [1.807, 2.05) is 24.3 Å². The number of likely N-dealkylation sites (tertiary alicyclic amines) is 1. The molecule has 1 aliphatic heterocycles. The Bertz CT molecular complexity index is 417. The van der Waals surface area contributed by atoms with Crippen LogP contribution < -0.4 is 0 Å². The van der Waals surface area contributed by atoms with Crippen molar-refractivity contribution in [2.24, 2.45) is 0 Å². The second-order valence-electron chi connectivity index (χ2n) is 4.95. The van der Waals surface area contributed by atoms with Crippen molar-refractivity contribution in [3.8, 4) is 0 Å². The molecule has 0 saturated carbocycles. The Morgan fingerprint density at radius 1 is 1.44 bits per heavy atom. The van der Waals surface area contributed by atoms with Crippen molar-refractivity contribution in [2.75, 3.05) is 6.54 Å². The minimum absolute atomic E-state index is 0.189. The van der Waals surface area contributed by atoms with Crippen LogP contribution in [0.1, 0.15) is 49.4 Å². The number of nitrogens with zero attached hydrogens (tertiary/aromatic N) is 1. The van der Waals surface area contributed by atoms with Gasteiger partial charge < -0.3 is 4.90 Å². The molecular formula is C15H20BrNO. The van der Waals surface area contributed by atoms with E-state index < -0.39 is 0 Å². The number of rotatable bonds is 3. The lowest BCUT2D eigenvalue weighted by Gasteiger charge is -2.36. The van der Waals surface area contributed by atoms with Gasteiger partial charge in [-0.3, -0.25) is 4.79 Å². The third-order valence-electron chi connectivity index (χ3n) is 3.58. The summed E-state index contributed by atoms with van der Waals surface area (Å²) in [6.45, 7) is 3.10. The molecule has 3 heteroatoms. The van der Waals surface area contributed by atoms with Crippen molar-refractivity contribution in [2.45, 2.75) is 45.1 Å². The minimum Gasteiger partial charge on any atom is -0.336 e. The monoisotopic (exact) mass is 309 g/mol. The van der Waals surface area contributed by atoms with Gasteiger partial charge in [0.25, 0.3) is 5.91 Å². The first-order valence-electron chi connectivity index (χ1n) is 6.79. The fraction of sp³-hybridized carbons (Fsp3) is 0.533. The van der Waals surface area contributed by atoms with Crippen molar-refractivity contribution in [1.82, 2.24) is 4.90 Å². The number of amides is 1. The average molecular weight is 310 g/mol. The number of hydrogen-bond donors (Lipinski definition) is 0. The molecule has 0 aromatic heterocycles. The van der Waals surface area contributed by atoms with Crippen molar-refractivity contribution in [1.29, 1.82) is 0 Å². The summed E-state index contributed by atoms with van der Waals surface area (Å²) in [7, 11) is 0. The molecule has 1 amide bonds. The number of carbonyl (C=O) groups excluding carboxylic acids is 1. The number of piperidine rings is 1. The van der Waals surface area contributed by atoms with Gasteiger partial charge in [0.15, 0.2) is 0 Å². The van der Waals surface area contributed by atoms with Crippen LogP contribution in [-0.2, 0) is 0 Å². The molecule has 0 radical (unpaired) electrons. The number of halogens is 1. The topological polar surface area (TPSA) is 20.3 Å². The second-order valence-corrected chi connectivity index (χ2v) is 5.86. The molecule has 98 valence electrons. The molecule has 1 atom stereocenters. The summed E-state index contributed by atoms with van der Waals surface area (Å²) in [6.07, 6.45) is 5.83. The summed E-state index contributed by atoms with van der Waals surface area (Å²) in [6, 6.07) is 8.15. The van der Waals surface area contributed by atoms with Crippen LogP contribution in [-0.4, -0.2) is 23.4 Å². The average Bonchev–Trinajstić information content (AvgIpc) is 2.39. The fourth-order valence-corrected chi connectivity index (χ4v) is 3.09. The summed E-state index contributed by atoms with van der Waals surface area (Å²) in [5.74, 6) is 0.189. The van der Waals surface area contributed by atoms with Gasteiger partial charge in [0.2, 0.25) is 0 Å². The molecule has 1 aromatic rings. The van der Waals surface area contributed by atoms with E-state index in [0.717, 1.165) is 42.3 Å². The molecule has 2 rings (SSSR count). The van der Waals surface area contributed by atoms with Gasteiger partial charge in [0, 0.05) is 22.6 Å². The summed E-state index contributed by atoms with van der Waals surface area (Å²) in [5.41, 5.74) is 0.798. The van der Waals surface area contributed by atoms with Gasteiger partial charge in [-0.1, -0.05) is 35.3 Å². The molecule has 1 fully saturated rings. The van der Waals surface area contributed by atoms with E-state index in [9.17, 15) is 4.79 Å². The third-order valence-corrected chi connectivity index (χ3v) is 4.07. The Kier molecular flexibility index (Phi) is 4.81. The standard InChI is InChI=1S/C15H20BrNO/c1-2-6-14-9-3-4-10-17(14)15(18)12-7-5-8-13(16)11-12/h5,7-8,11,14H,2-4,6,9-10H2,1H3/t14-/m1/s1. The van der Waals surface area contributed by atoms with Crippen LogP contribution in [0, 0.1) is 0 Å². The molecule has 0 N–H and O–H groups in total. The van der Waals surface area contributed by atoms with E-state index in [1.54, 1.807) is 0 Å². The number of hydrogen-bond acceptors (Lipinski definition) is 1. The van der Waals surface area contributed by atoms with E-state index in [0.29, 0.717) is 6.04 Å². The third kappa shape index (κ3) is 3.14. The molecule has 1 aliphatic rings. The van der Waals surface area contributed by atoms with Gasteiger partial charge in [-0.25, -0.2) is 0 Å². The maximum Gasteiger partial charge on any atom is 0.254 e. The second kappa shape index (κ2) is 6.37. The van der Waals surface area contributed by atoms with Crippen molar-refractivity contribution >= 4 is 21.8 Å². The van der Waals surface area contributed by atoms with Crippen LogP contribution >= 0.6 is 15.9 Å². The van der Waals surface area contributed by atoms with Gasteiger partial charge in [-0.2, -0.15) is 0 Å². The highest BCUT2D eigenvalue weighted by molar-refractivity contribution is 9.10. The molecule has 0 spiro atoms. The van der Waals surface area contributed by atoms with Gasteiger partial charge >= 0.3 is 0 Å². The van der Waals surface area contributed by atoms with Gasteiger partial charge in [-0.05, 0) is 43.9 Å². The van der Waals surface area contributed by atoms with Crippen molar-refractivity contribution in [3.05, 3.63) is 34.3 Å². The van der Waals surface area contributed by atoms with E-state index in [4.69, 9.17) is 0 Å². The van der Waals surface area contributed by atoms with Crippen LogP contribution in [0.15, 0.2) is 28.7 Å². The lowest BCUT2D eigenvalue weighted by Crippen LogP contribution is -2.43. The van der Waals surface area contributed by atoms with Crippen molar-refractivity contribution < 1.29 is 4.79 Å². The van der Waals surface area contributed by atoms with Crippen LogP contribution in [0.3, 0.4) is 0 Å². The summed E-state index contributed by atoms with van der Waals surface area (Å²) >= 11 is 3.43. The summed E-state index contributed by atoms with van der Waals surface area (Å²) in [5, 5.41) is 0. The van der Waals surface area contributed by atoms with E-state index in [2.05, 4.69) is 27.8 Å². The van der Waals surface area contributed by atoms with E-state index in [1.165, 1.54) is 6.42 Å². The predicted molar refractivity (Wildman–Crippen MR) is 77.7 cm³/mol. The zero-order valence-corrected chi connectivity index (χ0v) is 12.4. The van der Waals surface area contributed by atoms with Gasteiger partial charge in [0.05, 0.1) is 0 Å². The molecule has 1 saturated heterocycles. The Morgan fingerprint density at radius 3 is 3.00 bits per heavy atom. The highest BCUT2D eigenvalue weighted by Gasteiger charge is 2.26. The molecule has 0 unspecified atom stereocenters. The zero-order valence-electron chi connectivity index (χ0n) is 10.9. The quantitative estimate of drug-likeness (QED) is 0.817. The van der Waals surface area contributed by atoms with Gasteiger partial charge in [0.1, 0.15) is 0 Å². The Morgan fingerprint density at radius 2 is 2.28 bits per heavy atom. The minimum atomic E-state index is 0.189. The van der Waals surface area contributed by atoms with Gasteiger partial charge in [-0.15, -0.1) is 0 Å². The SMILES string of the molecule is CCC[C@@H]1CCCCN1C(=O)c1cccc(Br)c1. The molecule has 1 heterocycles. The molecule has 2 nitrogen and oxygen atoms in total. The first kappa shape index (κ1) is 13.6. The van der Waals surface area contributed by atoms with Crippen LogP contribution in [0.4, 0.5) is 0 Å². The van der Waals surface area contributed by atoms with E-state index in [-0.39, 0.29) is 5.91 Å². The molecular weight excluding hydrogens is 290 g/mol. The van der Waals surface area contributed by atoms with Crippen LogP contribution in [0.2, 0.25) is 0 Å². The number of benzene rings is 1. The predicted octanol–water partition coefficient (Wildman–Crippen LogP) is 4.24. The molecule has 0 aliphatic carbocycles. The highest BCUT2D eigenvalue weighted by atomic mass is 79.9.